The number of ether oxygens (including phenoxy) is 1. The maximum atomic E-state index is 12.1. The zero-order valence-corrected chi connectivity index (χ0v) is 9.59. The molecule has 5 nitrogen and oxygen atoms in total. The maximum absolute atomic E-state index is 12.1. The molecule has 106 valence electrons. The van der Waals surface area contributed by atoms with Crippen LogP contribution in [0.2, 0.25) is 0 Å². The highest BCUT2D eigenvalue weighted by Gasteiger charge is 2.31. The summed E-state index contributed by atoms with van der Waals surface area (Å²) in [5.41, 5.74) is 4.91. The molecule has 19 heavy (non-hydrogen) atoms. The van der Waals surface area contributed by atoms with Crippen LogP contribution < -0.4 is 10.5 Å². The number of nitrogens with two attached hydrogens (primary N) is 1. The summed E-state index contributed by atoms with van der Waals surface area (Å²) in [6.45, 7) is -0.290. The normalized spacial score (nSPS) is 14.8. The summed E-state index contributed by atoms with van der Waals surface area (Å²) in [6.07, 6.45) is -7.49. The summed E-state index contributed by atoms with van der Waals surface area (Å²) in [6, 6.07) is 2.88. The van der Waals surface area contributed by atoms with Crippen LogP contribution in [0.1, 0.15) is 22.0 Å². The number of hydrogen-bond acceptors (Lipinski definition) is 5. The number of carbonyl (C=O) groups is 1. The van der Waals surface area contributed by atoms with Crippen molar-refractivity contribution in [2.24, 2.45) is 5.73 Å². The Hall–Kier alpha value is -1.64. The summed E-state index contributed by atoms with van der Waals surface area (Å²) in [5.74, 6) is -0.657. The third-order valence-electron chi connectivity index (χ3n) is 2.27. The van der Waals surface area contributed by atoms with Crippen LogP contribution in [-0.4, -0.2) is 35.5 Å². The fraction of sp³-hybridized carbons (Fsp3) is 0.364. The lowest BCUT2D eigenvalue weighted by Gasteiger charge is -2.18. The van der Waals surface area contributed by atoms with Crippen LogP contribution >= 0.6 is 0 Å². The van der Waals surface area contributed by atoms with Gasteiger partial charge in [0.2, 0.25) is 0 Å². The Morgan fingerprint density at radius 2 is 1.95 bits per heavy atom. The number of alkyl halides is 3. The first-order valence-corrected chi connectivity index (χ1v) is 5.19. The van der Waals surface area contributed by atoms with E-state index in [0.717, 1.165) is 18.2 Å². The molecule has 0 radical (unpaired) electrons. The van der Waals surface area contributed by atoms with E-state index >= 15 is 0 Å². The fourth-order valence-electron chi connectivity index (χ4n) is 1.43. The first kappa shape index (κ1) is 15.4. The van der Waals surface area contributed by atoms with Crippen molar-refractivity contribution in [1.82, 2.24) is 0 Å². The van der Waals surface area contributed by atoms with Crippen LogP contribution in [0.5, 0.6) is 5.75 Å². The third-order valence-corrected chi connectivity index (χ3v) is 2.27. The quantitative estimate of drug-likeness (QED) is 0.692. The van der Waals surface area contributed by atoms with E-state index < -0.39 is 24.3 Å². The Bertz CT molecular complexity index is 450. The van der Waals surface area contributed by atoms with E-state index in [2.05, 4.69) is 4.74 Å². The molecule has 8 heteroatoms. The number of aliphatic hydroxyl groups excluding tert-OH is 2. The van der Waals surface area contributed by atoms with Gasteiger partial charge in [0, 0.05) is 12.1 Å². The van der Waals surface area contributed by atoms with E-state index in [9.17, 15) is 28.2 Å². The minimum atomic E-state index is -4.92. The van der Waals surface area contributed by atoms with Gasteiger partial charge in [0.15, 0.2) is 0 Å². The Labute approximate surface area is 106 Å². The molecule has 0 spiro atoms. The van der Waals surface area contributed by atoms with Crippen molar-refractivity contribution in [2.75, 3.05) is 6.54 Å². The van der Waals surface area contributed by atoms with Gasteiger partial charge in [-0.3, -0.25) is 4.79 Å². The van der Waals surface area contributed by atoms with Gasteiger partial charge in [-0.1, -0.05) is 0 Å². The first-order valence-electron chi connectivity index (χ1n) is 5.19. The molecule has 0 aromatic heterocycles. The van der Waals surface area contributed by atoms with Crippen LogP contribution in [0.25, 0.3) is 0 Å². The molecule has 0 aliphatic carbocycles. The van der Waals surface area contributed by atoms with Crippen LogP contribution in [0, 0.1) is 0 Å². The van der Waals surface area contributed by atoms with Gasteiger partial charge in [-0.15, -0.1) is 13.2 Å². The predicted molar refractivity (Wildman–Crippen MR) is 58.5 cm³/mol. The molecular weight excluding hydrogens is 267 g/mol. The molecule has 2 unspecified atom stereocenters. The smallest absolute Gasteiger partial charge is 0.406 e. The molecule has 0 saturated heterocycles. The SMILES string of the molecule is NCC(O)C(O)c1cc(C=O)cc(OC(F)(F)F)c1. The van der Waals surface area contributed by atoms with Gasteiger partial charge in [-0.2, -0.15) is 0 Å². The van der Waals surface area contributed by atoms with Crippen LogP contribution in [0.4, 0.5) is 13.2 Å². The van der Waals surface area contributed by atoms with Crippen molar-refractivity contribution in [2.45, 2.75) is 18.6 Å². The van der Waals surface area contributed by atoms with Gasteiger partial charge >= 0.3 is 6.36 Å². The number of aldehydes is 1. The van der Waals surface area contributed by atoms with Gasteiger partial charge in [0.25, 0.3) is 0 Å². The molecule has 1 rings (SSSR count). The lowest BCUT2D eigenvalue weighted by Crippen LogP contribution is -2.27. The average molecular weight is 279 g/mol. The van der Waals surface area contributed by atoms with Crippen molar-refractivity contribution in [1.29, 1.82) is 0 Å². The number of benzene rings is 1. The average Bonchev–Trinajstić information content (AvgIpc) is 2.34. The van der Waals surface area contributed by atoms with Gasteiger partial charge in [0.1, 0.15) is 18.1 Å². The molecule has 0 amide bonds. The lowest BCUT2D eigenvalue weighted by molar-refractivity contribution is -0.274. The summed E-state index contributed by atoms with van der Waals surface area (Å²) >= 11 is 0. The Morgan fingerprint density at radius 3 is 2.42 bits per heavy atom. The zero-order chi connectivity index (χ0) is 14.6. The van der Waals surface area contributed by atoms with E-state index in [0.29, 0.717) is 6.29 Å². The van der Waals surface area contributed by atoms with Gasteiger partial charge in [-0.05, 0) is 23.8 Å². The van der Waals surface area contributed by atoms with Crippen molar-refractivity contribution in [3.05, 3.63) is 29.3 Å². The summed E-state index contributed by atoms with van der Waals surface area (Å²) in [7, 11) is 0. The summed E-state index contributed by atoms with van der Waals surface area (Å²) in [4.78, 5) is 10.6. The number of carbonyl (C=O) groups excluding carboxylic acids is 1. The second-order valence-corrected chi connectivity index (χ2v) is 3.75. The lowest BCUT2D eigenvalue weighted by atomic mass is 10.0. The highest BCUT2D eigenvalue weighted by atomic mass is 19.4. The van der Waals surface area contributed by atoms with Gasteiger partial charge in [0.05, 0.1) is 6.10 Å². The Kier molecular flexibility index (Phi) is 4.87. The zero-order valence-electron chi connectivity index (χ0n) is 9.59. The topological polar surface area (TPSA) is 92.8 Å². The standard InChI is InChI=1S/C11H12F3NO4/c12-11(13,14)19-8-2-6(5-16)1-7(3-8)10(18)9(17)4-15/h1-3,5,9-10,17-18H,4,15H2. The Balaban J connectivity index is 3.11. The number of hydrogen-bond donors (Lipinski definition) is 3. The second-order valence-electron chi connectivity index (χ2n) is 3.75. The largest absolute Gasteiger partial charge is 0.573 e. The molecule has 4 N–H and O–H groups in total. The van der Waals surface area contributed by atoms with Crippen LogP contribution in [0.15, 0.2) is 18.2 Å². The van der Waals surface area contributed by atoms with Crippen molar-refractivity contribution >= 4 is 6.29 Å². The molecule has 0 saturated carbocycles. The van der Waals surface area contributed by atoms with E-state index in [1.165, 1.54) is 0 Å². The first-order chi connectivity index (χ1) is 8.76. The summed E-state index contributed by atoms with van der Waals surface area (Å²) < 4.78 is 39.9. The van der Waals surface area contributed by atoms with Crippen molar-refractivity contribution in [3.63, 3.8) is 0 Å². The molecule has 0 heterocycles. The minimum absolute atomic E-state index is 0.0956. The van der Waals surface area contributed by atoms with Gasteiger partial charge < -0.3 is 20.7 Å². The van der Waals surface area contributed by atoms with Crippen molar-refractivity contribution < 1.29 is 32.9 Å². The highest BCUT2D eigenvalue weighted by molar-refractivity contribution is 5.76. The number of halogens is 3. The highest BCUT2D eigenvalue weighted by Crippen LogP contribution is 2.28. The third kappa shape index (κ3) is 4.51. The van der Waals surface area contributed by atoms with E-state index in [1.807, 2.05) is 0 Å². The minimum Gasteiger partial charge on any atom is -0.406 e. The van der Waals surface area contributed by atoms with Crippen LogP contribution in [-0.2, 0) is 0 Å². The molecule has 1 aromatic rings. The van der Waals surface area contributed by atoms with E-state index in [-0.39, 0.29) is 17.7 Å². The molecule has 0 fully saturated rings. The molecule has 0 bridgehead atoms. The molecule has 0 aliphatic heterocycles. The van der Waals surface area contributed by atoms with Crippen molar-refractivity contribution in [3.8, 4) is 5.75 Å². The monoisotopic (exact) mass is 279 g/mol. The summed E-state index contributed by atoms with van der Waals surface area (Å²) in [5, 5.41) is 19.0. The van der Waals surface area contributed by atoms with E-state index in [4.69, 9.17) is 5.73 Å². The molecule has 2 atom stereocenters. The maximum Gasteiger partial charge on any atom is 0.573 e. The predicted octanol–water partition coefficient (Wildman–Crippen LogP) is 0.751. The molecular formula is C11H12F3NO4. The molecule has 1 aromatic carbocycles. The number of aliphatic hydroxyl groups is 2. The molecule has 0 aliphatic rings. The fourth-order valence-corrected chi connectivity index (χ4v) is 1.43. The van der Waals surface area contributed by atoms with Crippen LogP contribution in [0.3, 0.4) is 0 Å². The van der Waals surface area contributed by atoms with Gasteiger partial charge in [-0.25, -0.2) is 0 Å². The number of rotatable bonds is 5. The Morgan fingerprint density at radius 1 is 1.32 bits per heavy atom. The second kappa shape index (κ2) is 6.00. The van der Waals surface area contributed by atoms with E-state index in [1.54, 1.807) is 0 Å².